The summed E-state index contributed by atoms with van der Waals surface area (Å²) in [6, 6.07) is 19.1. The molecule has 2 aromatic heterocycles. The van der Waals surface area contributed by atoms with E-state index in [9.17, 15) is 4.79 Å². The van der Waals surface area contributed by atoms with Crippen LogP contribution in [-0.4, -0.2) is 34.6 Å². The molecule has 5 rings (SSSR count). The molecule has 1 saturated heterocycles. The van der Waals surface area contributed by atoms with Crippen LogP contribution in [0.5, 0.6) is 0 Å². The molecular weight excluding hydrogens is 390 g/mol. The number of rotatable bonds is 3. The first kappa shape index (κ1) is 19.2. The minimum atomic E-state index is 0.107. The van der Waals surface area contributed by atoms with E-state index in [0.717, 1.165) is 53.1 Å². The molecule has 0 bridgehead atoms. The fourth-order valence-corrected chi connectivity index (χ4v) is 5.46. The van der Waals surface area contributed by atoms with E-state index >= 15 is 0 Å². The third kappa shape index (κ3) is 3.38. The largest absolute Gasteiger partial charge is 0.306 e. The second kappa shape index (κ2) is 7.82. The number of benzene rings is 2. The molecule has 0 saturated carbocycles. The Hall–Kier alpha value is -2.76. The predicted molar refractivity (Wildman–Crippen MR) is 125 cm³/mol. The summed E-state index contributed by atoms with van der Waals surface area (Å²) in [7, 11) is 2.14. The van der Waals surface area contributed by atoms with Gasteiger partial charge in [-0.25, -0.2) is 4.98 Å². The molecule has 30 heavy (non-hydrogen) atoms. The number of likely N-dealkylation sites (tertiary alicyclic amines) is 1. The maximum Gasteiger partial charge on any atom is 0.263 e. The monoisotopic (exact) mass is 415 g/mol. The lowest BCUT2D eigenvalue weighted by Crippen LogP contribution is -2.36. The summed E-state index contributed by atoms with van der Waals surface area (Å²) in [5.74, 6) is 0.829. The molecule has 5 heteroatoms. The van der Waals surface area contributed by atoms with Crippen molar-refractivity contribution < 1.29 is 0 Å². The van der Waals surface area contributed by atoms with Gasteiger partial charge < -0.3 is 4.90 Å². The predicted octanol–water partition coefficient (Wildman–Crippen LogP) is 5.37. The molecule has 0 amide bonds. The summed E-state index contributed by atoms with van der Waals surface area (Å²) in [6.07, 6.45) is 1.99. The topological polar surface area (TPSA) is 38.1 Å². The Balaban J connectivity index is 1.57. The minimum Gasteiger partial charge on any atom is -0.306 e. The summed E-state index contributed by atoms with van der Waals surface area (Å²) >= 11 is 1.56. The van der Waals surface area contributed by atoms with Crippen LogP contribution in [0.2, 0.25) is 0 Å². The highest BCUT2D eigenvalue weighted by Gasteiger charge is 2.23. The zero-order valence-electron chi connectivity index (χ0n) is 17.3. The Labute approximate surface area is 180 Å². The molecule has 0 atom stereocenters. The van der Waals surface area contributed by atoms with E-state index in [2.05, 4.69) is 65.9 Å². The average molecular weight is 416 g/mol. The van der Waals surface area contributed by atoms with Crippen molar-refractivity contribution in [3.63, 3.8) is 0 Å². The number of hydrogen-bond acceptors (Lipinski definition) is 4. The van der Waals surface area contributed by atoms with Crippen LogP contribution in [0.4, 0.5) is 0 Å². The molecule has 0 radical (unpaired) electrons. The fraction of sp³-hybridized carbons (Fsp3) is 0.280. The molecule has 0 spiro atoms. The second-order valence-corrected chi connectivity index (χ2v) is 9.00. The third-order valence-electron chi connectivity index (χ3n) is 6.17. The van der Waals surface area contributed by atoms with E-state index in [-0.39, 0.29) is 11.6 Å². The summed E-state index contributed by atoms with van der Waals surface area (Å²) < 4.78 is 1.95. The summed E-state index contributed by atoms with van der Waals surface area (Å²) in [5, 5.41) is 2.84. The number of aromatic nitrogens is 2. The van der Waals surface area contributed by atoms with E-state index in [1.54, 1.807) is 11.3 Å². The molecule has 1 fully saturated rings. The van der Waals surface area contributed by atoms with Gasteiger partial charge in [0.15, 0.2) is 0 Å². The van der Waals surface area contributed by atoms with Crippen LogP contribution in [0, 0.1) is 6.92 Å². The fourth-order valence-electron chi connectivity index (χ4n) is 4.47. The van der Waals surface area contributed by atoms with Crippen LogP contribution in [0.3, 0.4) is 0 Å². The Kier molecular flexibility index (Phi) is 5.01. The van der Waals surface area contributed by atoms with E-state index < -0.39 is 0 Å². The number of thiophene rings is 1. The number of aryl methyl sites for hydroxylation is 1. The normalized spacial score (nSPS) is 15.7. The maximum atomic E-state index is 13.6. The lowest BCUT2D eigenvalue weighted by molar-refractivity contribution is 0.216. The van der Waals surface area contributed by atoms with Crippen LogP contribution in [0.25, 0.3) is 32.5 Å². The maximum absolute atomic E-state index is 13.6. The average Bonchev–Trinajstić information content (AvgIpc) is 3.20. The van der Waals surface area contributed by atoms with Gasteiger partial charge in [0.2, 0.25) is 0 Å². The van der Waals surface area contributed by atoms with Gasteiger partial charge in [-0.15, -0.1) is 11.3 Å². The highest BCUT2D eigenvalue weighted by atomic mass is 32.1. The highest BCUT2D eigenvalue weighted by Crippen LogP contribution is 2.33. The Bertz CT molecular complexity index is 1230. The SMILES string of the molecule is Cc1nc2scc(-c3ccc(-c4ccccc4)cc3)c2c(=O)n1C1CCN(C)CC1. The van der Waals surface area contributed by atoms with Crippen molar-refractivity contribution in [2.75, 3.05) is 20.1 Å². The summed E-state index contributed by atoms with van der Waals surface area (Å²) in [6.45, 7) is 4.01. The van der Waals surface area contributed by atoms with Crippen molar-refractivity contribution >= 4 is 21.6 Å². The number of nitrogens with zero attached hydrogens (tertiary/aromatic N) is 3. The third-order valence-corrected chi connectivity index (χ3v) is 7.04. The number of fused-ring (bicyclic) bond motifs is 1. The van der Waals surface area contributed by atoms with E-state index in [1.165, 1.54) is 11.1 Å². The van der Waals surface area contributed by atoms with Crippen LogP contribution >= 0.6 is 11.3 Å². The molecular formula is C25H25N3OS. The number of piperidine rings is 1. The standard InChI is InChI=1S/C25H25N3OS/c1-17-26-24-23(25(29)28(17)21-12-14-27(2)15-13-21)22(16-30-24)20-10-8-19(9-11-20)18-6-4-3-5-7-18/h3-11,16,21H,12-15H2,1-2H3. The summed E-state index contributed by atoms with van der Waals surface area (Å²) in [5.41, 5.74) is 4.54. The van der Waals surface area contributed by atoms with Crippen LogP contribution in [0.1, 0.15) is 24.7 Å². The van der Waals surface area contributed by atoms with E-state index in [0.29, 0.717) is 0 Å². The molecule has 3 heterocycles. The van der Waals surface area contributed by atoms with E-state index in [1.807, 2.05) is 17.6 Å². The van der Waals surface area contributed by atoms with Gasteiger partial charge in [0.25, 0.3) is 5.56 Å². The highest BCUT2D eigenvalue weighted by molar-refractivity contribution is 7.17. The smallest absolute Gasteiger partial charge is 0.263 e. The number of hydrogen-bond donors (Lipinski definition) is 0. The van der Waals surface area contributed by atoms with Gasteiger partial charge in [0.1, 0.15) is 10.7 Å². The zero-order chi connectivity index (χ0) is 20.7. The molecule has 1 aliphatic heterocycles. The summed E-state index contributed by atoms with van der Waals surface area (Å²) in [4.78, 5) is 21.6. The Morgan fingerprint density at radius 1 is 0.933 bits per heavy atom. The first-order valence-corrected chi connectivity index (χ1v) is 11.3. The van der Waals surface area contributed by atoms with Gasteiger partial charge in [0, 0.05) is 17.0 Å². The van der Waals surface area contributed by atoms with Gasteiger partial charge in [0.05, 0.1) is 5.39 Å². The van der Waals surface area contributed by atoms with Gasteiger partial charge in [-0.05, 0) is 56.6 Å². The molecule has 0 aliphatic carbocycles. The van der Waals surface area contributed by atoms with Gasteiger partial charge in [-0.2, -0.15) is 0 Å². The van der Waals surface area contributed by atoms with Crippen LogP contribution in [0.15, 0.2) is 64.8 Å². The zero-order valence-corrected chi connectivity index (χ0v) is 18.2. The molecule has 0 unspecified atom stereocenters. The van der Waals surface area contributed by atoms with Crippen molar-refractivity contribution in [1.82, 2.24) is 14.5 Å². The molecule has 1 aliphatic rings. The molecule has 2 aromatic carbocycles. The van der Waals surface area contributed by atoms with Gasteiger partial charge in [-0.3, -0.25) is 9.36 Å². The lowest BCUT2D eigenvalue weighted by Gasteiger charge is -2.31. The second-order valence-electron chi connectivity index (χ2n) is 8.14. The molecule has 4 aromatic rings. The van der Waals surface area contributed by atoms with Crippen molar-refractivity contribution in [3.8, 4) is 22.3 Å². The first-order chi connectivity index (χ1) is 14.6. The molecule has 0 N–H and O–H groups in total. The van der Waals surface area contributed by atoms with Crippen molar-refractivity contribution in [3.05, 3.63) is 76.2 Å². The Morgan fingerprint density at radius 2 is 1.57 bits per heavy atom. The Morgan fingerprint density at radius 3 is 2.27 bits per heavy atom. The van der Waals surface area contributed by atoms with Crippen LogP contribution < -0.4 is 5.56 Å². The van der Waals surface area contributed by atoms with Gasteiger partial charge >= 0.3 is 0 Å². The first-order valence-electron chi connectivity index (χ1n) is 10.5. The lowest BCUT2D eigenvalue weighted by atomic mass is 10.0. The van der Waals surface area contributed by atoms with Crippen molar-refractivity contribution in [2.24, 2.45) is 0 Å². The minimum absolute atomic E-state index is 0.107. The van der Waals surface area contributed by atoms with Crippen LogP contribution in [-0.2, 0) is 0 Å². The van der Waals surface area contributed by atoms with E-state index in [4.69, 9.17) is 4.98 Å². The van der Waals surface area contributed by atoms with Gasteiger partial charge in [-0.1, -0.05) is 54.6 Å². The quantitative estimate of drug-likeness (QED) is 0.452. The molecule has 152 valence electrons. The van der Waals surface area contributed by atoms with Crippen molar-refractivity contribution in [1.29, 1.82) is 0 Å². The van der Waals surface area contributed by atoms with Crippen molar-refractivity contribution in [2.45, 2.75) is 25.8 Å². The molecule has 4 nitrogen and oxygen atoms in total.